The molecule has 4 aromatic rings. The van der Waals surface area contributed by atoms with Crippen molar-refractivity contribution in [1.29, 1.82) is 0 Å². The molecule has 0 N–H and O–H groups in total. The maximum Gasteiger partial charge on any atom is 0.410 e. The highest BCUT2D eigenvalue weighted by Crippen LogP contribution is 2.43. The molecule has 0 bridgehead atoms. The normalized spacial score (nSPS) is 17.5. The molecule has 39 heavy (non-hydrogen) atoms. The molecule has 1 fully saturated rings. The second-order valence-electron chi connectivity index (χ2n) is 11.7. The van der Waals surface area contributed by atoms with Crippen molar-refractivity contribution in [3.8, 4) is 0 Å². The number of amides is 1. The zero-order chi connectivity index (χ0) is 27.2. The summed E-state index contributed by atoms with van der Waals surface area (Å²) in [5.41, 5.74) is 4.59. The molecule has 1 aliphatic heterocycles. The number of nitrogens with zero attached hydrogens (tertiary/aromatic N) is 1. The minimum absolute atomic E-state index is 0.0604. The summed E-state index contributed by atoms with van der Waals surface area (Å²) in [6.45, 7) is 6.51. The first-order valence-corrected chi connectivity index (χ1v) is 14.1. The van der Waals surface area contributed by atoms with Crippen molar-refractivity contribution in [3.63, 3.8) is 0 Å². The van der Waals surface area contributed by atoms with Crippen LogP contribution < -0.4 is 0 Å². The van der Waals surface area contributed by atoms with Gasteiger partial charge in [-0.05, 0) is 61.8 Å². The molecular formula is C36H39NO2. The Labute approximate surface area is 233 Å². The number of hydrogen-bond donors (Lipinski definition) is 0. The maximum absolute atomic E-state index is 13.7. The minimum Gasteiger partial charge on any atom is -0.444 e. The third-order valence-corrected chi connectivity index (χ3v) is 7.78. The van der Waals surface area contributed by atoms with Crippen molar-refractivity contribution in [3.05, 3.63) is 144 Å². The molecule has 2 unspecified atom stereocenters. The Morgan fingerprint density at radius 2 is 1.13 bits per heavy atom. The van der Waals surface area contributed by atoms with Gasteiger partial charge in [0.1, 0.15) is 5.60 Å². The van der Waals surface area contributed by atoms with Gasteiger partial charge in [-0.3, -0.25) is 0 Å². The SMILES string of the molecule is CC(C)(C)OC(=O)N1CC(C(c2ccccc2)c2ccccc2)CC1CC(c1ccccc1)c1ccccc1. The number of likely N-dealkylation sites (tertiary alicyclic amines) is 1. The third kappa shape index (κ3) is 6.60. The maximum atomic E-state index is 13.7. The molecule has 0 radical (unpaired) electrons. The predicted octanol–water partition coefficient (Wildman–Crippen LogP) is 8.67. The molecule has 3 nitrogen and oxygen atoms in total. The van der Waals surface area contributed by atoms with Crippen LogP contribution in [-0.4, -0.2) is 29.2 Å². The molecule has 0 saturated carbocycles. The van der Waals surface area contributed by atoms with E-state index >= 15 is 0 Å². The van der Waals surface area contributed by atoms with E-state index in [2.05, 4.69) is 121 Å². The van der Waals surface area contributed by atoms with Gasteiger partial charge in [-0.25, -0.2) is 4.79 Å². The number of carbonyl (C=O) groups excluding carboxylic acids is 1. The molecular weight excluding hydrogens is 478 g/mol. The Kier molecular flexibility index (Phi) is 8.16. The van der Waals surface area contributed by atoms with Gasteiger partial charge in [-0.1, -0.05) is 121 Å². The number of benzene rings is 4. The summed E-state index contributed by atoms with van der Waals surface area (Å²) in [5, 5.41) is 0. The average Bonchev–Trinajstić information content (AvgIpc) is 3.36. The minimum atomic E-state index is -0.545. The summed E-state index contributed by atoms with van der Waals surface area (Å²) in [6.07, 6.45) is 1.55. The lowest BCUT2D eigenvalue weighted by atomic mass is 9.78. The molecule has 4 aromatic carbocycles. The Morgan fingerprint density at radius 3 is 1.54 bits per heavy atom. The van der Waals surface area contributed by atoms with Gasteiger partial charge in [0, 0.05) is 24.4 Å². The number of rotatable bonds is 7. The Hall–Kier alpha value is -3.85. The Morgan fingerprint density at radius 1 is 0.718 bits per heavy atom. The lowest BCUT2D eigenvalue weighted by Crippen LogP contribution is -2.40. The predicted molar refractivity (Wildman–Crippen MR) is 159 cm³/mol. The number of hydrogen-bond acceptors (Lipinski definition) is 2. The Balaban J connectivity index is 1.51. The van der Waals surface area contributed by atoms with E-state index in [-0.39, 0.29) is 29.9 Å². The fraction of sp³-hybridized carbons (Fsp3) is 0.306. The third-order valence-electron chi connectivity index (χ3n) is 7.78. The Bertz CT molecular complexity index is 1240. The second-order valence-corrected chi connectivity index (χ2v) is 11.7. The van der Waals surface area contributed by atoms with Crippen LogP contribution in [0.1, 0.15) is 67.7 Å². The van der Waals surface area contributed by atoms with Gasteiger partial charge in [0.05, 0.1) is 0 Å². The van der Waals surface area contributed by atoms with Crippen molar-refractivity contribution < 1.29 is 9.53 Å². The first-order chi connectivity index (χ1) is 18.9. The van der Waals surface area contributed by atoms with E-state index < -0.39 is 5.60 Å². The van der Waals surface area contributed by atoms with Crippen LogP contribution in [0.5, 0.6) is 0 Å². The van der Waals surface area contributed by atoms with Gasteiger partial charge in [0.25, 0.3) is 0 Å². The molecule has 3 heteroatoms. The summed E-state index contributed by atoms with van der Waals surface area (Å²) in [6, 6.07) is 42.9. The van der Waals surface area contributed by atoms with Crippen molar-refractivity contribution in [2.45, 2.75) is 57.1 Å². The molecule has 0 aliphatic carbocycles. The standard InChI is InChI=1S/C36H39NO2/c1-36(2,3)39-35(38)37-26-31(34(29-20-12-6-13-21-29)30-22-14-7-15-23-30)24-32(37)25-33(27-16-8-4-9-17-27)28-18-10-5-11-19-28/h4-23,31-34H,24-26H2,1-3H3. The molecule has 1 aliphatic rings. The molecule has 0 aromatic heterocycles. The molecule has 0 spiro atoms. The van der Waals surface area contributed by atoms with E-state index in [0.29, 0.717) is 6.54 Å². The smallest absolute Gasteiger partial charge is 0.410 e. The molecule has 2 atom stereocenters. The van der Waals surface area contributed by atoms with Crippen molar-refractivity contribution in [2.24, 2.45) is 5.92 Å². The van der Waals surface area contributed by atoms with E-state index in [1.165, 1.54) is 22.3 Å². The summed E-state index contributed by atoms with van der Waals surface area (Å²) in [4.78, 5) is 15.7. The van der Waals surface area contributed by atoms with Gasteiger partial charge in [0.15, 0.2) is 0 Å². The fourth-order valence-corrected chi connectivity index (χ4v) is 6.13. The zero-order valence-corrected chi connectivity index (χ0v) is 23.2. The van der Waals surface area contributed by atoms with Crippen molar-refractivity contribution in [1.82, 2.24) is 4.90 Å². The molecule has 1 saturated heterocycles. The van der Waals surface area contributed by atoms with Crippen LogP contribution in [0, 0.1) is 5.92 Å². The van der Waals surface area contributed by atoms with Gasteiger partial charge < -0.3 is 9.64 Å². The van der Waals surface area contributed by atoms with Gasteiger partial charge >= 0.3 is 6.09 Å². The topological polar surface area (TPSA) is 29.5 Å². The second kappa shape index (κ2) is 11.9. The van der Waals surface area contributed by atoms with Gasteiger partial charge in [0.2, 0.25) is 0 Å². The van der Waals surface area contributed by atoms with E-state index in [0.717, 1.165) is 12.8 Å². The first-order valence-electron chi connectivity index (χ1n) is 14.1. The quantitative estimate of drug-likeness (QED) is 0.245. The number of ether oxygens (including phenoxy) is 1. The van der Waals surface area contributed by atoms with E-state index in [1.807, 2.05) is 25.7 Å². The lowest BCUT2D eigenvalue weighted by molar-refractivity contribution is 0.0212. The van der Waals surface area contributed by atoms with E-state index in [4.69, 9.17) is 4.74 Å². The number of carbonyl (C=O) groups is 1. The van der Waals surface area contributed by atoms with E-state index in [9.17, 15) is 4.79 Å². The van der Waals surface area contributed by atoms with Gasteiger partial charge in [-0.15, -0.1) is 0 Å². The molecule has 1 heterocycles. The van der Waals surface area contributed by atoms with Crippen LogP contribution in [-0.2, 0) is 4.74 Å². The van der Waals surface area contributed by atoms with Crippen LogP contribution in [0.25, 0.3) is 0 Å². The summed E-state index contributed by atoms with van der Waals surface area (Å²) in [5.74, 6) is 0.668. The van der Waals surface area contributed by atoms with Crippen LogP contribution in [0.2, 0.25) is 0 Å². The molecule has 1 amide bonds. The first kappa shape index (κ1) is 26.7. The van der Waals surface area contributed by atoms with Crippen LogP contribution in [0.3, 0.4) is 0 Å². The summed E-state index contributed by atoms with van der Waals surface area (Å²) < 4.78 is 5.97. The fourth-order valence-electron chi connectivity index (χ4n) is 6.13. The highest BCUT2D eigenvalue weighted by Gasteiger charge is 2.42. The summed E-state index contributed by atoms with van der Waals surface area (Å²) in [7, 11) is 0. The molecule has 200 valence electrons. The largest absolute Gasteiger partial charge is 0.444 e. The van der Waals surface area contributed by atoms with Crippen LogP contribution in [0.15, 0.2) is 121 Å². The highest BCUT2D eigenvalue weighted by atomic mass is 16.6. The highest BCUT2D eigenvalue weighted by molar-refractivity contribution is 5.69. The van der Waals surface area contributed by atoms with Crippen molar-refractivity contribution >= 4 is 6.09 Å². The lowest BCUT2D eigenvalue weighted by Gasteiger charge is -2.31. The summed E-state index contributed by atoms with van der Waals surface area (Å²) >= 11 is 0. The zero-order valence-electron chi connectivity index (χ0n) is 23.2. The van der Waals surface area contributed by atoms with Gasteiger partial charge in [-0.2, -0.15) is 0 Å². The monoisotopic (exact) mass is 517 g/mol. The van der Waals surface area contributed by atoms with E-state index in [1.54, 1.807) is 0 Å². The van der Waals surface area contributed by atoms with Crippen LogP contribution in [0.4, 0.5) is 4.79 Å². The van der Waals surface area contributed by atoms with Crippen molar-refractivity contribution in [2.75, 3.05) is 6.54 Å². The average molecular weight is 518 g/mol. The molecule has 5 rings (SSSR count). The van der Waals surface area contributed by atoms with Crippen LogP contribution >= 0.6 is 0 Å².